The molecular formula is C19H21N3O3. The Hall–Kier alpha value is -3.02. The van der Waals surface area contributed by atoms with Crippen LogP contribution in [0.4, 0.5) is 11.4 Å². The number of carbonyl (C=O) groups is 2. The van der Waals surface area contributed by atoms with Crippen LogP contribution < -0.4 is 10.6 Å². The molecular weight excluding hydrogens is 318 g/mol. The van der Waals surface area contributed by atoms with Crippen molar-refractivity contribution in [3.63, 3.8) is 0 Å². The van der Waals surface area contributed by atoms with Crippen molar-refractivity contribution < 1.29 is 14.7 Å². The summed E-state index contributed by atoms with van der Waals surface area (Å²) in [5.74, 6) is -0.429. The molecule has 0 unspecified atom stereocenters. The fraction of sp³-hybridized carbons (Fsp3) is 0.263. The van der Waals surface area contributed by atoms with Crippen molar-refractivity contribution in [1.29, 1.82) is 0 Å². The first kappa shape index (κ1) is 16.8. The van der Waals surface area contributed by atoms with Crippen molar-refractivity contribution in [1.82, 2.24) is 4.90 Å². The predicted molar refractivity (Wildman–Crippen MR) is 96.5 cm³/mol. The van der Waals surface area contributed by atoms with Crippen LogP contribution >= 0.6 is 0 Å². The smallest absolute Gasteiger partial charge is 0.258 e. The van der Waals surface area contributed by atoms with E-state index >= 15 is 0 Å². The molecule has 0 aromatic heterocycles. The number of aromatic hydroxyl groups is 1. The number of benzene rings is 2. The second-order valence-electron chi connectivity index (χ2n) is 6.38. The quantitative estimate of drug-likeness (QED) is 0.748. The van der Waals surface area contributed by atoms with Crippen molar-refractivity contribution in [2.24, 2.45) is 5.92 Å². The highest BCUT2D eigenvalue weighted by molar-refractivity contribution is 6.04. The molecule has 1 atom stereocenters. The molecule has 3 N–H and O–H groups in total. The molecule has 6 nitrogen and oxygen atoms in total. The third kappa shape index (κ3) is 3.42. The lowest BCUT2D eigenvalue weighted by Crippen LogP contribution is -2.53. The predicted octanol–water partition coefficient (Wildman–Crippen LogP) is 2.88. The van der Waals surface area contributed by atoms with E-state index in [1.54, 1.807) is 30.3 Å². The first-order valence-corrected chi connectivity index (χ1v) is 8.21. The number of phenols is 1. The van der Waals surface area contributed by atoms with Crippen molar-refractivity contribution in [2.45, 2.75) is 20.0 Å². The summed E-state index contributed by atoms with van der Waals surface area (Å²) in [5.41, 5.74) is 1.66. The number of rotatable bonds is 4. The van der Waals surface area contributed by atoms with Crippen LogP contribution in [0.15, 0.2) is 48.5 Å². The molecule has 0 bridgehead atoms. The van der Waals surface area contributed by atoms with Gasteiger partial charge in [0.2, 0.25) is 5.91 Å². The van der Waals surface area contributed by atoms with Gasteiger partial charge < -0.3 is 20.6 Å². The molecule has 0 radical (unpaired) electrons. The molecule has 0 aliphatic carbocycles. The van der Waals surface area contributed by atoms with Gasteiger partial charge in [-0.1, -0.05) is 38.1 Å². The third-order valence-electron chi connectivity index (χ3n) is 4.18. The van der Waals surface area contributed by atoms with E-state index < -0.39 is 0 Å². The van der Waals surface area contributed by atoms with E-state index in [2.05, 4.69) is 10.6 Å². The van der Waals surface area contributed by atoms with Crippen molar-refractivity contribution in [3.05, 3.63) is 54.1 Å². The Labute approximate surface area is 146 Å². The van der Waals surface area contributed by atoms with Crippen LogP contribution in [0.25, 0.3) is 0 Å². The van der Waals surface area contributed by atoms with Crippen LogP contribution in [0.2, 0.25) is 0 Å². The summed E-state index contributed by atoms with van der Waals surface area (Å²) < 4.78 is 0. The number of phenolic OH excluding ortho intramolecular Hbond substituents is 1. The minimum Gasteiger partial charge on any atom is -0.506 e. The number of fused-ring (bicyclic) bond motifs is 1. The van der Waals surface area contributed by atoms with E-state index in [0.717, 1.165) is 5.69 Å². The zero-order valence-electron chi connectivity index (χ0n) is 14.2. The molecule has 0 saturated heterocycles. The van der Waals surface area contributed by atoms with Gasteiger partial charge in [-0.3, -0.25) is 9.59 Å². The summed E-state index contributed by atoms with van der Waals surface area (Å²) in [4.78, 5) is 26.8. The number of para-hydroxylation sites is 3. The second-order valence-corrected chi connectivity index (χ2v) is 6.38. The summed E-state index contributed by atoms with van der Waals surface area (Å²) >= 11 is 0. The van der Waals surface area contributed by atoms with Crippen LogP contribution in [0.1, 0.15) is 24.2 Å². The molecule has 0 saturated carbocycles. The molecule has 1 heterocycles. The largest absolute Gasteiger partial charge is 0.506 e. The summed E-state index contributed by atoms with van der Waals surface area (Å²) in [7, 11) is 0. The Morgan fingerprint density at radius 3 is 2.60 bits per heavy atom. The van der Waals surface area contributed by atoms with Gasteiger partial charge in [-0.15, -0.1) is 0 Å². The third-order valence-corrected chi connectivity index (χ3v) is 4.18. The molecule has 0 spiro atoms. The molecule has 3 rings (SSSR count). The molecule has 1 aliphatic heterocycles. The first-order valence-electron chi connectivity index (χ1n) is 8.21. The van der Waals surface area contributed by atoms with Crippen LogP contribution in [-0.2, 0) is 4.79 Å². The van der Waals surface area contributed by atoms with Crippen LogP contribution in [0.5, 0.6) is 5.75 Å². The Morgan fingerprint density at radius 1 is 1.20 bits per heavy atom. The number of nitrogens with zero attached hydrogens (tertiary/aromatic N) is 1. The zero-order valence-corrected chi connectivity index (χ0v) is 14.2. The lowest BCUT2D eigenvalue weighted by Gasteiger charge is -2.39. The van der Waals surface area contributed by atoms with Crippen LogP contribution in [0, 0.1) is 5.92 Å². The lowest BCUT2D eigenvalue weighted by molar-refractivity contribution is -0.117. The number of nitrogens with one attached hydrogen (secondary N) is 2. The van der Waals surface area contributed by atoms with Gasteiger partial charge in [0.05, 0.1) is 11.3 Å². The van der Waals surface area contributed by atoms with Gasteiger partial charge in [-0.2, -0.15) is 0 Å². The molecule has 0 fully saturated rings. The first-order chi connectivity index (χ1) is 12.0. The Bertz CT molecular complexity index is 804. The maximum Gasteiger partial charge on any atom is 0.258 e. The van der Waals surface area contributed by atoms with Gasteiger partial charge >= 0.3 is 0 Å². The topological polar surface area (TPSA) is 81.7 Å². The Morgan fingerprint density at radius 2 is 1.88 bits per heavy atom. The highest BCUT2D eigenvalue weighted by Gasteiger charge is 2.34. The number of anilines is 2. The summed E-state index contributed by atoms with van der Waals surface area (Å²) in [6.07, 6.45) is -0.280. The van der Waals surface area contributed by atoms with Gasteiger partial charge in [0.15, 0.2) is 0 Å². The normalized spacial score (nSPS) is 16.4. The number of hydrogen-bond donors (Lipinski definition) is 3. The standard InChI is InChI=1S/C19H21N3O3/c1-12(2)18-21-14-8-4-3-7-13(14)19(25)22(18)11-17(24)20-15-9-5-6-10-16(15)23/h3-10,12,18,21,23H,11H2,1-2H3,(H,20,24)/t18-/m1/s1. The second kappa shape index (κ2) is 6.84. The summed E-state index contributed by atoms with van der Waals surface area (Å²) in [6.45, 7) is 3.89. The van der Waals surface area contributed by atoms with E-state index in [9.17, 15) is 14.7 Å². The SMILES string of the molecule is CC(C)[C@@H]1Nc2ccccc2C(=O)N1CC(=O)Nc1ccccc1O. The molecule has 2 amide bonds. The number of carbonyl (C=O) groups excluding carboxylic acids is 2. The highest BCUT2D eigenvalue weighted by Crippen LogP contribution is 2.28. The van der Waals surface area contributed by atoms with Gasteiger partial charge in [0.1, 0.15) is 18.5 Å². The lowest BCUT2D eigenvalue weighted by atomic mass is 10.0. The molecule has 2 aromatic rings. The molecule has 25 heavy (non-hydrogen) atoms. The van der Waals surface area contributed by atoms with Gasteiger partial charge in [0.25, 0.3) is 5.91 Å². The van der Waals surface area contributed by atoms with Crippen molar-refractivity contribution in [2.75, 3.05) is 17.2 Å². The maximum absolute atomic E-state index is 12.8. The Kier molecular flexibility index (Phi) is 4.61. The summed E-state index contributed by atoms with van der Waals surface area (Å²) in [5, 5.41) is 15.8. The van der Waals surface area contributed by atoms with E-state index in [-0.39, 0.29) is 36.2 Å². The number of amides is 2. The van der Waals surface area contributed by atoms with Crippen LogP contribution in [0.3, 0.4) is 0 Å². The molecule has 130 valence electrons. The van der Waals surface area contributed by atoms with E-state index in [4.69, 9.17) is 0 Å². The molecule has 1 aliphatic rings. The average molecular weight is 339 g/mol. The highest BCUT2D eigenvalue weighted by atomic mass is 16.3. The fourth-order valence-electron chi connectivity index (χ4n) is 2.93. The Balaban J connectivity index is 1.81. The van der Waals surface area contributed by atoms with Gasteiger partial charge in [-0.25, -0.2) is 0 Å². The van der Waals surface area contributed by atoms with Gasteiger partial charge in [-0.05, 0) is 30.2 Å². The summed E-state index contributed by atoms with van der Waals surface area (Å²) in [6, 6.07) is 13.8. The minimum atomic E-state index is -0.360. The number of hydrogen-bond acceptors (Lipinski definition) is 4. The maximum atomic E-state index is 12.8. The fourth-order valence-corrected chi connectivity index (χ4v) is 2.93. The van der Waals surface area contributed by atoms with Crippen molar-refractivity contribution in [3.8, 4) is 5.75 Å². The molecule has 2 aromatic carbocycles. The average Bonchev–Trinajstić information content (AvgIpc) is 2.59. The van der Waals surface area contributed by atoms with Crippen molar-refractivity contribution >= 4 is 23.2 Å². The van der Waals surface area contributed by atoms with E-state index in [1.165, 1.54) is 11.0 Å². The molecule has 6 heteroatoms. The van der Waals surface area contributed by atoms with Gasteiger partial charge in [0, 0.05) is 5.69 Å². The van der Waals surface area contributed by atoms with E-state index in [0.29, 0.717) is 11.3 Å². The monoisotopic (exact) mass is 339 g/mol. The van der Waals surface area contributed by atoms with Crippen LogP contribution in [-0.4, -0.2) is 34.5 Å². The van der Waals surface area contributed by atoms with E-state index in [1.807, 2.05) is 26.0 Å². The zero-order chi connectivity index (χ0) is 18.0. The minimum absolute atomic E-state index is 0.00954.